The van der Waals surface area contributed by atoms with Gasteiger partial charge in [0.25, 0.3) is 0 Å². The van der Waals surface area contributed by atoms with E-state index in [9.17, 15) is 0 Å². The molecule has 0 fully saturated rings. The molecular formula is C8H21NO3SSi. The Kier molecular flexibility index (Phi) is 8.95. The van der Waals surface area contributed by atoms with E-state index in [4.69, 9.17) is 19.0 Å². The van der Waals surface area contributed by atoms with Crippen LogP contribution in [0.1, 0.15) is 20.8 Å². The molecule has 0 atom stereocenters. The molecule has 0 aliphatic carbocycles. The lowest BCUT2D eigenvalue weighted by molar-refractivity contribution is 0.0773. The van der Waals surface area contributed by atoms with Crippen molar-refractivity contribution in [3.63, 3.8) is 0 Å². The molecule has 0 radical (unpaired) electrons. The van der Waals surface area contributed by atoms with Gasteiger partial charge in [0.05, 0.1) is 5.38 Å². The van der Waals surface area contributed by atoms with Crippen LogP contribution in [0, 0.1) is 0 Å². The van der Waals surface area contributed by atoms with Gasteiger partial charge in [-0.15, -0.1) is 11.8 Å². The van der Waals surface area contributed by atoms with Crippen LogP contribution in [0.2, 0.25) is 0 Å². The minimum Gasteiger partial charge on any atom is -0.373 e. The molecular weight excluding hydrogens is 218 g/mol. The van der Waals surface area contributed by atoms with E-state index in [2.05, 4.69) is 0 Å². The lowest BCUT2D eigenvalue weighted by Gasteiger charge is -2.27. The Balaban J connectivity index is 4.21. The fourth-order valence-corrected chi connectivity index (χ4v) is 5.13. The summed E-state index contributed by atoms with van der Waals surface area (Å²) in [6.45, 7) is 7.72. The van der Waals surface area contributed by atoms with Crippen molar-refractivity contribution in [1.82, 2.24) is 0 Å². The van der Waals surface area contributed by atoms with Crippen LogP contribution >= 0.6 is 11.8 Å². The number of thioether (sulfide) groups is 1. The molecule has 0 heterocycles. The summed E-state index contributed by atoms with van der Waals surface area (Å²) < 4.78 is 16.9. The third-order valence-corrected chi connectivity index (χ3v) is 6.14. The Morgan fingerprint density at radius 3 is 1.71 bits per heavy atom. The first-order valence-corrected chi connectivity index (χ1v) is 8.03. The molecule has 0 spiro atoms. The molecule has 0 saturated carbocycles. The van der Waals surface area contributed by atoms with E-state index in [0.29, 0.717) is 25.7 Å². The standard InChI is InChI=1S/C8H21NO3SSi/c1-4-10-14(11-5-2,12-6-3)8-13-7-9/h4-9H2,1-3H3. The highest BCUT2D eigenvalue weighted by Gasteiger charge is 2.40. The zero-order chi connectivity index (χ0) is 10.9. The van der Waals surface area contributed by atoms with Crippen molar-refractivity contribution in [2.24, 2.45) is 5.73 Å². The fraction of sp³-hybridized carbons (Fsp3) is 1.00. The van der Waals surface area contributed by atoms with Gasteiger partial charge < -0.3 is 19.0 Å². The van der Waals surface area contributed by atoms with E-state index < -0.39 is 8.80 Å². The third-order valence-electron chi connectivity index (χ3n) is 1.49. The summed E-state index contributed by atoms with van der Waals surface area (Å²) >= 11 is 1.60. The maximum atomic E-state index is 5.63. The molecule has 0 amide bonds. The summed E-state index contributed by atoms with van der Waals surface area (Å²) in [6, 6.07) is 0. The molecule has 2 N–H and O–H groups in total. The van der Waals surface area contributed by atoms with E-state index in [1.54, 1.807) is 11.8 Å². The van der Waals surface area contributed by atoms with Crippen molar-refractivity contribution < 1.29 is 13.3 Å². The predicted molar refractivity (Wildman–Crippen MR) is 62.1 cm³/mol. The average Bonchev–Trinajstić information content (AvgIpc) is 2.16. The van der Waals surface area contributed by atoms with Gasteiger partial charge in [0.1, 0.15) is 0 Å². The Bertz CT molecular complexity index is 123. The summed E-state index contributed by atoms with van der Waals surface area (Å²) in [6.07, 6.45) is 0. The first-order chi connectivity index (χ1) is 6.74. The maximum absolute atomic E-state index is 5.63. The van der Waals surface area contributed by atoms with E-state index in [0.717, 1.165) is 5.38 Å². The van der Waals surface area contributed by atoms with Crippen LogP contribution in [-0.2, 0) is 13.3 Å². The summed E-state index contributed by atoms with van der Waals surface area (Å²) in [7, 11) is -2.43. The van der Waals surface area contributed by atoms with Crippen molar-refractivity contribution in [3.05, 3.63) is 0 Å². The third kappa shape index (κ3) is 5.33. The molecule has 86 valence electrons. The summed E-state index contributed by atoms with van der Waals surface area (Å²) in [5.74, 6) is 0.571. The monoisotopic (exact) mass is 239 g/mol. The highest BCUT2D eigenvalue weighted by Crippen LogP contribution is 2.15. The molecule has 14 heavy (non-hydrogen) atoms. The normalized spacial score (nSPS) is 12.0. The van der Waals surface area contributed by atoms with Crippen LogP contribution in [0.5, 0.6) is 0 Å². The zero-order valence-corrected chi connectivity index (χ0v) is 11.1. The number of hydrogen-bond acceptors (Lipinski definition) is 5. The van der Waals surface area contributed by atoms with Crippen LogP contribution in [-0.4, -0.2) is 39.9 Å². The van der Waals surface area contributed by atoms with Crippen LogP contribution in [0.25, 0.3) is 0 Å². The quantitative estimate of drug-likeness (QED) is 0.484. The molecule has 0 bridgehead atoms. The van der Waals surface area contributed by atoms with Crippen LogP contribution in [0.3, 0.4) is 0 Å². The van der Waals surface area contributed by atoms with Gasteiger partial charge in [0, 0.05) is 25.7 Å². The average molecular weight is 239 g/mol. The molecule has 0 aromatic rings. The van der Waals surface area contributed by atoms with Gasteiger partial charge in [-0.1, -0.05) is 0 Å². The summed E-state index contributed by atoms with van der Waals surface area (Å²) in [5.41, 5.74) is 5.44. The first-order valence-electron chi connectivity index (χ1n) is 4.94. The Morgan fingerprint density at radius 2 is 1.43 bits per heavy atom. The number of rotatable bonds is 9. The Morgan fingerprint density at radius 1 is 1.00 bits per heavy atom. The molecule has 0 aromatic carbocycles. The SMILES string of the molecule is CCO[Si](CSCN)(OCC)OCC. The van der Waals surface area contributed by atoms with Crippen molar-refractivity contribution in [2.45, 2.75) is 20.8 Å². The molecule has 0 rings (SSSR count). The van der Waals surface area contributed by atoms with Gasteiger partial charge in [0.15, 0.2) is 0 Å². The van der Waals surface area contributed by atoms with Crippen molar-refractivity contribution >= 4 is 20.6 Å². The van der Waals surface area contributed by atoms with Gasteiger partial charge in [0.2, 0.25) is 0 Å². The van der Waals surface area contributed by atoms with Gasteiger partial charge in [-0.25, -0.2) is 0 Å². The zero-order valence-electron chi connectivity index (χ0n) is 9.25. The highest BCUT2D eigenvalue weighted by atomic mass is 32.2. The molecule has 0 saturated heterocycles. The van der Waals surface area contributed by atoms with E-state index >= 15 is 0 Å². The van der Waals surface area contributed by atoms with Gasteiger partial charge in [-0.2, -0.15) is 0 Å². The Labute approximate surface area is 91.8 Å². The van der Waals surface area contributed by atoms with E-state index in [1.807, 2.05) is 20.8 Å². The molecule has 6 heteroatoms. The van der Waals surface area contributed by atoms with Gasteiger partial charge in [-0.05, 0) is 20.8 Å². The minimum atomic E-state index is -2.43. The predicted octanol–water partition coefficient (Wildman–Crippen LogP) is 1.22. The maximum Gasteiger partial charge on any atom is 0.511 e. The van der Waals surface area contributed by atoms with Crippen molar-refractivity contribution in [1.29, 1.82) is 0 Å². The van der Waals surface area contributed by atoms with Crippen molar-refractivity contribution in [3.8, 4) is 0 Å². The van der Waals surface area contributed by atoms with E-state index in [-0.39, 0.29) is 0 Å². The lowest BCUT2D eigenvalue weighted by Crippen LogP contribution is -2.49. The smallest absolute Gasteiger partial charge is 0.373 e. The number of nitrogens with two attached hydrogens (primary N) is 1. The summed E-state index contributed by atoms with van der Waals surface area (Å²) in [4.78, 5) is 0. The molecule has 0 unspecified atom stereocenters. The van der Waals surface area contributed by atoms with Gasteiger partial charge >= 0.3 is 8.80 Å². The lowest BCUT2D eigenvalue weighted by atomic mass is 10.9. The molecule has 0 aliphatic heterocycles. The second-order valence-corrected chi connectivity index (χ2v) is 6.63. The minimum absolute atomic E-state index is 0.571. The second-order valence-electron chi connectivity index (χ2n) is 2.50. The van der Waals surface area contributed by atoms with Crippen LogP contribution < -0.4 is 5.73 Å². The van der Waals surface area contributed by atoms with Crippen LogP contribution in [0.4, 0.5) is 0 Å². The first kappa shape index (κ1) is 14.4. The van der Waals surface area contributed by atoms with Gasteiger partial charge in [-0.3, -0.25) is 0 Å². The highest BCUT2D eigenvalue weighted by molar-refractivity contribution is 8.00. The second kappa shape index (κ2) is 8.69. The Hall–Kier alpha value is 0.407. The largest absolute Gasteiger partial charge is 0.511 e. The molecule has 0 aromatic heterocycles. The van der Waals surface area contributed by atoms with Crippen LogP contribution in [0.15, 0.2) is 0 Å². The molecule has 4 nitrogen and oxygen atoms in total. The topological polar surface area (TPSA) is 53.7 Å². The fourth-order valence-electron chi connectivity index (χ4n) is 1.09. The molecule has 0 aliphatic rings. The number of hydrogen-bond donors (Lipinski definition) is 1. The summed E-state index contributed by atoms with van der Waals surface area (Å²) in [5, 5.41) is 0.735. The van der Waals surface area contributed by atoms with Crippen molar-refractivity contribution in [2.75, 3.05) is 31.1 Å². The van der Waals surface area contributed by atoms with E-state index in [1.165, 1.54) is 0 Å².